The van der Waals surface area contributed by atoms with Gasteiger partial charge >= 0.3 is 0 Å². The topological polar surface area (TPSA) is 42.4 Å². The molecule has 3 nitrogen and oxygen atoms in total. The molecular weight excluding hydrogens is 204 g/mol. The molecule has 15 heavy (non-hydrogen) atoms. The van der Waals surface area contributed by atoms with E-state index in [9.17, 15) is 13.9 Å². The first-order chi connectivity index (χ1) is 7.07. The van der Waals surface area contributed by atoms with Crippen LogP contribution < -0.4 is 0 Å². The van der Waals surface area contributed by atoms with Crippen LogP contribution >= 0.6 is 0 Å². The van der Waals surface area contributed by atoms with Crippen LogP contribution in [0.1, 0.15) is 23.8 Å². The van der Waals surface area contributed by atoms with E-state index in [0.29, 0.717) is 6.61 Å². The Labute approximate surface area is 86.7 Å². The summed E-state index contributed by atoms with van der Waals surface area (Å²) >= 11 is 0. The Balaban J connectivity index is 2.90. The van der Waals surface area contributed by atoms with Gasteiger partial charge in [0.2, 0.25) is 0 Å². The van der Waals surface area contributed by atoms with Crippen molar-refractivity contribution in [2.75, 3.05) is 13.7 Å². The molecule has 0 aromatic carbocycles. The smallest absolute Gasteiger partial charge is 0.153 e. The Kier molecular flexibility index (Phi) is 4.11. The first-order valence-electron chi connectivity index (χ1n) is 4.55. The molecule has 1 heterocycles. The molecule has 1 unspecified atom stereocenters. The first kappa shape index (κ1) is 12.0. The summed E-state index contributed by atoms with van der Waals surface area (Å²) in [4.78, 5) is 3.54. The number of hydrogen-bond acceptors (Lipinski definition) is 3. The molecule has 1 rings (SSSR count). The second kappa shape index (κ2) is 5.14. The van der Waals surface area contributed by atoms with Crippen molar-refractivity contribution in [3.05, 3.63) is 29.1 Å². The van der Waals surface area contributed by atoms with Gasteiger partial charge in [0.1, 0.15) is 17.6 Å². The second-order valence-corrected chi connectivity index (χ2v) is 3.23. The zero-order chi connectivity index (χ0) is 11.4. The molecule has 0 bridgehead atoms. The fourth-order valence-corrected chi connectivity index (χ4v) is 1.18. The monoisotopic (exact) mass is 217 g/mol. The molecule has 1 N–H and O–H groups in total. The number of aliphatic hydroxyl groups excluding tert-OH is 1. The normalized spacial score (nSPS) is 12.9. The van der Waals surface area contributed by atoms with Crippen LogP contribution in [0, 0.1) is 18.6 Å². The summed E-state index contributed by atoms with van der Waals surface area (Å²) < 4.78 is 31.0. The standard InChI is InChI=1S/C10H13F2NO2/c1-6-7(11)5-13-10(9(6)12)8(14)3-4-15-2/h5,8,14H,3-4H2,1-2H3. The molecule has 0 spiro atoms. The van der Waals surface area contributed by atoms with Crippen LogP contribution in [0.2, 0.25) is 0 Å². The summed E-state index contributed by atoms with van der Waals surface area (Å²) in [5, 5.41) is 9.54. The number of methoxy groups -OCH3 is 1. The number of ether oxygens (including phenoxy) is 1. The summed E-state index contributed by atoms with van der Waals surface area (Å²) in [6.45, 7) is 1.59. The quantitative estimate of drug-likeness (QED) is 0.835. The summed E-state index contributed by atoms with van der Waals surface area (Å²) in [5.41, 5.74) is -0.262. The number of nitrogens with zero attached hydrogens (tertiary/aromatic N) is 1. The van der Waals surface area contributed by atoms with E-state index >= 15 is 0 Å². The summed E-state index contributed by atoms with van der Waals surface area (Å²) in [7, 11) is 1.48. The van der Waals surface area contributed by atoms with E-state index in [0.717, 1.165) is 6.20 Å². The molecule has 5 heteroatoms. The van der Waals surface area contributed by atoms with E-state index in [-0.39, 0.29) is 17.7 Å². The molecule has 0 saturated heterocycles. The van der Waals surface area contributed by atoms with Crippen molar-refractivity contribution >= 4 is 0 Å². The van der Waals surface area contributed by atoms with E-state index in [1.54, 1.807) is 0 Å². The van der Waals surface area contributed by atoms with Gasteiger partial charge in [-0.25, -0.2) is 8.78 Å². The van der Waals surface area contributed by atoms with E-state index in [4.69, 9.17) is 4.74 Å². The minimum absolute atomic E-state index is 0.128. The van der Waals surface area contributed by atoms with E-state index in [1.165, 1.54) is 14.0 Å². The third-order valence-corrected chi connectivity index (χ3v) is 2.14. The van der Waals surface area contributed by atoms with Crippen molar-refractivity contribution < 1.29 is 18.6 Å². The number of aliphatic hydroxyl groups is 1. The molecule has 1 aromatic heterocycles. The van der Waals surface area contributed by atoms with Crippen molar-refractivity contribution in [3.8, 4) is 0 Å². The highest BCUT2D eigenvalue weighted by Crippen LogP contribution is 2.21. The minimum Gasteiger partial charge on any atom is -0.387 e. The van der Waals surface area contributed by atoms with Crippen molar-refractivity contribution in [2.24, 2.45) is 0 Å². The van der Waals surface area contributed by atoms with Crippen LogP contribution in [0.5, 0.6) is 0 Å². The Morgan fingerprint density at radius 1 is 1.53 bits per heavy atom. The first-order valence-corrected chi connectivity index (χ1v) is 4.55. The molecule has 0 aliphatic heterocycles. The fraction of sp³-hybridized carbons (Fsp3) is 0.500. The number of pyridine rings is 1. The van der Waals surface area contributed by atoms with Gasteiger partial charge in [0.15, 0.2) is 5.82 Å². The highest BCUT2D eigenvalue weighted by molar-refractivity contribution is 5.20. The zero-order valence-electron chi connectivity index (χ0n) is 8.63. The molecule has 0 amide bonds. The van der Waals surface area contributed by atoms with Crippen molar-refractivity contribution in [3.63, 3.8) is 0 Å². The van der Waals surface area contributed by atoms with Gasteiger partial charge in [-0.3, -0.25) is 4.98 Å². The largest absolute Gasteiger partial charge is 0.387 e. The lowest BCUT2D eigenvalue weighted by atomic mass is 10.1. The SMILES string of the molecule is COCCC(O)c1ncc(F)c(C)c1F. The molecule has 0 fully saturated rings. The molecule has 0 saturated carbocycles. The van der Waals surface area contributed by atoms with Crippen LogP contribution in [0.3, 0.4) is 0 Å². The van der Waals surface area contributed by atoms with Gasteiger partial charge in [0.05, 0.1) is 6.20 Å². The maximum atomic E-state index is 13.4. The van der Waals surface area contributed by atoms with Crippen LogP contribution in [-0.4, -0.2) is 23.8 Å². The average Bonchev–Trinajstić information content (AvgIpc) is 2.23. The van der Waals surface area contributed by atoms with Gasteiger partial charge in [-0.2, -0.15) is 0 Å². The minimum atomic E-state index is -1.07. The molecular formula is C10H13F2NO2. The molecule has 1 atom stereocenters. The lowest BCUT2D eigenvalue weighted by Gasteiger charge is -2.11. The molecule has 0 aliphatic rings. The zero-order valence-corrected chi connectivity index (χ0v) is 8.63. The van der Waals surface area contributed by atoms with Crippen LogP contribution in [0.25, 0.3) is 0 Å². The van der Waals surface area contributed by atoms with Crippen LogP contribution in [-0.2, 0) is 4.74 Å². The maximum absolute atomic E-state index is 13.4. The number of aromatic nitrogens is 1. The molecule has 0 aliphatic carbocycles. The Bertz CT molecular complexity index is 344. The molecule has 1 aromatic rings. The lowest BCUT2D eigenvalue weighted by molar-refractivity contribution is 0.105. The van der Waals surface area contributed by atoms with E-state index in [2.05, 4.69) is 4.98 Å². The Hall–Kier alpha value is -1.07. The number of halogens is 2. The van der Waals surface area contributed by atoms with Gasteiger partial charge in [0.25, 0.3) is 0 Å². The molecule has 84 valence electrons. The maximum Gasteiger partial charge on any atom is 0.153 e. The van der Waals surface area contributed by atoms with Crippen molar-refractivity contribution in [2.45, 2.75) is 19.4 Å². The van der Waals surface area contributed by atoms with Gasteiger partial charge in [0, 0.05) is 25.7 Å². The van der Waals surface area contributed by atoms with Crippen LogP contribution in [0.4, 0.5) is 8.78 Å². The Morgan fingerprint density at radius 3 is 2.80 bits per heavy atom. The van der Waals surface area contributed by atoms with Crippen molar-refractivity contribution in [1.82, 2.24) is 4.98 Å². The van der Waals surface area contributed by atoms with E-state index in [1.807, 2.05) is 0 Å². The highest BCUT2D eigenvalue weighted by Gasteiger charge is 2.18. The molecule has 0 radical (unpaired) electrons. The van der Waals surface area contributed by atoms with Crippen molar-refractivity contribution in [1.29, 1.82) is 0 Å². The van der Waals surface area contributed by atoms with Gasteiger partial charge in [-0.1, -0.05) is 0 Å². The van der Waals surface area contributed by atoms with Gasteiger partial charge in [-0.15, -0.1) is 0 Å². The lowest BCUT2D eigenvalue weighted by Crippen LogP contribution is -2.09. The summed E-state index contributed by atoms with van der Waals surface area (Å²) in [6, 6.07) is 0. The average molecular weight is 217 g/mol. The van der Waals surface area contributed by atoms with Gasteiger partial charge in [-0.05, 0) is 6.92 Å². The summed E-state index contributed by atoms with van der Waals surface area (Å²) in [5.74, 6) is -1.51. The Morgan fingerprint density at radius 2 is 2.20 bits per heavy atom. The highest BCUT2D eigenvalue weighted by atomic mass is 19.1. The number of hydrogen-bond donors (Lipinski definition) is 1. The van der Waals surface area contributed by atoms with E-state index < -0.39 is 17.7 Å². The van der Waals surface area contributed by atoms with Crippen LogP contribution in [0.15, 0.2) is 6.20 Å². The predicted molar refractivity (Wildman–Crippen MR) is 50.3 cm³/mol. The second-order valence-electron chi connectivity index (χ2n) is 3.23. The number of rotatable bonds is 4. The predicted octanol–water partition coefficient (Wildman–Crippen LogP) is 1.74. The van der Waals surface area contributed by atoms with Gasteiger partial charge < -0.3 is 9.84 Å². The summed E-state index contributed by atoms with van der Waals surface area (Å²) in [6.07, 6.45) is 0.0687. The third kappa shape index (κ3) is 2.70. The fourth-order valence-electron chi connectivity index (χ4n) is 1.18. The third-order valence-electron chi connectivity index (χ3n) is 2.14.